The molecule has 4 amide bonds. The zero-order valence-corrected chi connectivity index (χ0v) is 34.5. The molecular formula is C41H42N6O9S2. The summed E-state index contributed by atoms with van der Waals surface area (Å²) in [5.74, 6) is 0.256. The van der Waals surface area contributed by atoms with Crippen LogP contribution in [0.3, 0.4) is 0 Å². The fourth-order valence-corrected chi connectivity index (χ4v) is 9.01. The summed E-state index contributed by atoms with van der Waals surface area (Å²) in [6, 6.07) is 17.2. The average Bonchev–Trinajstić information content (AvgIpc) is 3.16. The first-order valence-corrected chi connectivity index (χ1v) is 20.7. The molecule has 1 heterocycles. The van der Waals surface area contributed by atoms with E-state index in [0.717, 1.165) is 22.4 Å². The normalized spacial score (nSPS) is 12.1. The van der Waals surface area contributed by atoms with E-state index in [4.69, 9.17) is 9.41 Å². The highest BCUT2D eigenvalue weighted by Crippen LogP contribution is 2.44. The second-order valence-corrected chi connectivity index (χ2v) is 16.5. The quantitative estimate of drug-likeness (QED) is 0.0577. The van der Waals surface area contributed by atoms with Gasteiger partial charge in [0.2, 0.25) is 0 Å². The first-order chi connectivity index (χ1) is 27.2. The second-order valence-electron chi connectivity index (χ2n) is 13.8. The maximum absolute atomic E-state index is 12.7. The van der Waals surface area contributed by atoms with Gasteiger partial charge in [-0.3, -0.25) is 9.11 Å². The molecule has 15 nitrogen and oxygen atoms in total. The van der Waals surface area contributed by atoms with Crippen molar-refractivity contribution in [2.24, 2.45) is 4.99 Å². The van der Waals surface area contributed by atoms with Crippen molar-refractivity contribution in [1.82, 2.24) is 10.6 Å². The van der Waals surface area contributed by atoms with E-state index in [1.807, 2.05) is 26.8 Å². The Kier molecular flexibility index (Phi) is 11.1. The number of nitrogens with zero attached hydrogens (tertiary/aromatic N) is 1. The summed E-state index contributed by atoms with van der Waals surface area (Å²) in [6.07, 6.45) is 0. The number of carbonyl (C=O) groups is 2. The van der Waals surface area contributed by atoms with E-state index in [0.29, 0.717) is 44.4 Å². The highest BCUT2D eigenvalue weighted by molar-refractivity contribution is 7.86. The number of carbonyl (C=O) groups excluding carboxylic acids is 2. The van der Waals surface area contributed by atoms with Gasteiger partial charge in [-0.15, -0.1) is 0 Å². The number of aryl methyl sites for hydroxylation is 2. The monoisotopic (exact) mass is 826 g/mol. The van der Waals surface area contributed by atoms with Gasteiger partial charge in [0.15, 0.2) is 0 Å². The Bertz CT molecular complexity index is 2960. The average molecular weight is 827 g/mol. The molecule has 0 saturated carbocycles. The first-order valence-electron chi connectivity index (χ1n) is 17.8. The van der Waals surface area contributed by atoms with Crippen molar-refractivity contribution in [3.8, 4) is 22.5 Å². The van der Waals surface area contributed by atoms with Gasteiger partial charge in [-0.1, -0.05) is 24.3 Å². The van der Waals surface area contributed by atoms with Crippen molar-refractivity contribution in [2.75, 3.05) is 30.0 Å². The van der Waals surface area contributed by atoms with E-state index in [1.165, 1.54) is 40.1 Å². The molecule has 2 aliphatic rings. The van der Waals surface area contributed by atoms with Crippen molar-refractivity contribution in [1.29, 1.82) is 0 Å². The number of hydrogen-bond donors (Lipinski definition) is 7. The molecule has 0 fully saturated rings. The fraction of sp³-hybridized carbons (Fsp3) is 0.195. The van der Waals surface area contributed by atoms with Crippen molar-refractivity contribution in [3.63, 3.8) is 0 Å². The van der Waals surface area contributed by atoms with Gasteiger partial charge in [0.05, 0.1) is 22.4 Å². The SMILES string of the molecule is CNC(=O)Nc1c(C)cc(C)c(Nc2ccc3c(-c4ccccc4S(=O)(=O)O)c4cc/c(=N\c5c(C)c(NC(=O)NC)c(C)c(S(=O)(=O)O)c5C)cc-4oc3c2)c1C. The Labute approximate surface area is 335 Å². The molecule has 1 aliphatic carbocycles. The third-order valence-corrected chi connectivity index (χ3v) is 12.0. The summed E-state index contributed by atoms with van der Waals surface area (Å²) in [6.45, 7) is 10.3. The third-order valence-electron chi connectivity index (χ3n) is 9.95. The van der Waals surface area contributed by atoms with E-state index >= 15 is 0 Å². The first kappa shape index (κ1) is 41.4. The number of amides is 4. The van der Waals surface area contributed by atoms with Crippen LogP contribution in [0.15, 0.2) is 85.9 Å². The van der Waals surface area contributed by atoms with Gasteiger partial charge >= 0.3 is 12.1 Å². The van der Waals surface area contributed by atoms with E-state index in [2.05, 4.69) is 26.6 Å². The molecule has 0 saturated heterocycles. The molecule has 0 spiro atoms. The summed E-state index contributed by atoms with van der Waals surface area (Å²) in [5.41, 5.74) is 7.02. The lowest BCUT2D eigenvalue weighted by atomic mass is 9.93. The van der Waals surface area contributed by atoms with Crippen LogP contribution in [-0.4, -0.2) is 52.1 Å². The van der Waals surface area contributed by atoms with Gasteiger partial charge in [-0.2, -0.15) is 16.8 Å². The molecule has 0 atom stereocenters. The lowest BCUT2D eigenvalue weighted by Crippen LogP contribution is -2.26. The molecule has 0 aromatic heterocycles. The minimum Gasteiger partial charge on any atom is -0.456 e. The smallest absolute Gasteiger partial charge is 0.318 e. The number of urea groups is 2. The number of fused-ring (bicyclic) bond motifs is 2. The van der Waals surface area contributed by atoms with Gasteiger partial charge < -0.3 is 31.0 Å². The molecule has 4 aromatic rings. The molecular weight excluding hydrogens is 785 g/mol. The second kappa shape index (κ2) is 15.6. The molecule has 0 radical (unpaired) electrons. The number of hydrogen-bond acceptors (Lipinski definition) is 9. The van der Waals surface area contributed by atoms with Crippen molar-refractivity contribution in [3.05, 3.63) is 105 Å². The molecule has 17 heteroatoms. The maximum atomic E-state index is 12.7. The molecule has 58 heavy (non-hydrogen) atoms. The summed E-state index contributed by atoms with van der Waals surface area (Å²) in [4.78, 5) is 28.7. The number of anilines is 4. The Morgan fingerprint density at radius 2 is 1.29 bits per heavy atom. The Morgan fingerprint density at radius 1 is 0.655 bits per heavy atom. The van der Waals surface area contributed by atoms with E-state index in [1.54, 1.807) is 55.5 Å². The molecule has 6 rings (SSSR count). The lowest BCUT2D eigenvalue weighted by Gasteiger charge is -2.20. The molecule has 0 bridgehead atoms. The van der Waals surface area contributed by atoms with Crippen LogP contribution in [0.5, 0.6) is 0 Å². The number of rotatable bonds is 8. The zero-order valence-electron chi connectivity index (χ0n) is 32.9. The summed E-state index contributed by atoms with van der Waals surface area (Å²) < 4.78 is 77.7. The largest absolute Gasteiger partial charge is 0.456 e. The van der Waals surface area contributed by atoms with Crippen LogP contribution in [0.4, 0.5) is 38.0 Å². The molecule has 1 aliphatic heterocycles. The van der Waals surface area contributed by atoms with Crippen LogP contribution in [-0.2, 0) is 20.2 Å². The highest BCUT2D eigenvalue weighted by atomic mass is 32.2. The molecule has 302 valence electrons. The highest BCUT2D eigenvalue weighted by Gasteiger charge is 2.27. The van der Waals surface area contributed by atoms with E-state index in [9.17, 15) is 35.5 Å². The maximum Gasteiger partial charge on any atom is 0.318 e. The van der Waals surface area contributed by atoms with Crippen LogP contribution in [0.25, 0.3) is 33.4 Å². The number of benzene rings is 5. The summed E-state index contributed by atoms with van der Waals surface area (Å²) in [7, 11) is -6.52. The Hall–Kier alpha value is -6.27. The molecule has 0 unspecified atom stereocenters. The topological polar surface area (TPSA) is 229 Å². The molecule has 4 aromatic carbocycles. The van der Waals surface area contributed by atoms with Crippen molar-refractivity contribution >= 4 is 71.7 Å². The van der Waals surface area contributed by atoms with E-state index < -0.39 is 31.2 Å². The zero-order chi connectivity index (χ0) is 42.4. The van der Waals surface area contributed by atoms with Gasteiger partial charge in [0.1, 0.15) is 21.1 Å². The van der Waals surface area contributed by atoms with Crippen LogP contribution < -0.4 is 31.9 Å². The standard InChI is InChI=1S/C41H42N6O9S2/c1-20-17-21(2)36(46-40(48)42-7)22(3)35(20)44-26-13-15-28-31(18-26)56-32-19-27(14-16-29(32)34(28)30-11-9-10-12-33(30)57(50,51)52)45-37-23(4)38(47-41(49)43-8)25(6)39(24(37)5)58(53,54)55/h9-19,44H,1-8H3,(H2,42,46,48)(H2,43,47,49)(H,50,51,52)(H,53,54,55)/b45-27+. The third kappa shape index (κ3) is 7.84. The summed E-state index contributed by atoms with van der Waals surface area (Å²) in [5, 5.41) is 14.8. The van der Waals surface area contributed by atoms with Gasteiger partial charge in [0, 0.05) is 59.7 Å². The summed E-state index contributed by atoms with van der Waals surface area (Å²) >= 11 is 0. The lowest BCUT2D eigenvalue weighted by molar-refractivity contribution is 0.253. The minimum atomic E-state index is -4.76. The van der Waals surface area contributed by atoms with Gasteiger partial charge in [0.25, 0.3) is 20.2 Å². The van der Waals surface area contributed by atoms with Gasteiger partial charge in [-0.25, -0.2) is 14.6 Å². The van der Waals surface area contributed by atoms with Crippen LogP contribution >= 0.6 is 0 Å². The number of nitrogens with one attached hydrogen (secondary N) is 5. The minimum absolute atomic E-state index is 0.126. The van der Waals surface area contributed by atoms with Crippen molar-refractivity contribution < 1.29 is 39.9 Å². The van der Waals surface area contributed by atoms with Crippen LogP contribution in [0, 0.1) is 41.5 Å². The molecule has 7 N–H and O–H groups in total. The van der Waals surface area contributed by atoms with Crippen LogP contribution in [0.2, 0.25) is 0 Å². The predicted molar refractivity (Wildman–Crippen MR) is 224 cm³/mol. The van der Waals surface area contributed by atoms with Crippen molar-refractivity contribution in [2.45, 2.75) is 51.3 Å². The predicted octanol–water partition coefficient (Wildman–Crippen LogP) is 8.03. The van der Waals surface area contributed by atoms with E-state index in [-0.39, 0.29) is 44.8 Å². The van der Waals surface area contributed by atoms with Crippen LogP contribution in [0.1, 0.15) is 33.4 Å². The fourth-order valence-electron chi connectivity index (χ4n) is 7.34. The Balaban J connectivity index is 1.63. The van der Waals surface area contributed by atoms with Gasteiger partial charge in [-0.05, 0) is 105 Å². The Morgan fingerprint density at radius 3 is 1.93 bits per heavy atom.